The van der Waals surface area contributed by atoms with Crippen molar-refractivity contribution in [3.63, 3.8) is 0 Å². The molecule has 0 aromatic heterocycles. The second-order valence-corrected chi connectivity index (χ2v) is 7.43. The van der Waals surface area contributed by atoms with Crippen molar-refractivity contribution in [2.24, 2.45) is 0 Å². The van der Waals surface area contributed by atoms with Gasteiger partial charge in [-0.1, -0.05) is 12.1 Å². The monoisotopic (exact) mass is 311 g/mol. The van der Waals surface area contributed by atoms with Gasteiger partial charge < -0.3 is 10.0 Å². The first-order valence-electron chi connectivity index (χ1n) is 6.49. The van der Waals surface area contributed by atoms with Crippen LogP contribution in [-0.2, 0) is 25.0 Å². The highest BCUT2D eigenvalue weighted by molar-refractivity contribution is 7.90. The Bertz CT molecular complexity index is 663. The summed E-state index contributed by atoms with van der Waals surface area (Å²) in [6.07, 6.45) is 3.20. The fourth-order valence-electron chi connectivity index (χ4n) is 2.32. The maximum Gasteiger partial charge on any atom is 0.334 e. The smallest absolute Gasteiger partial charge is 0.334 e. The Kier molecular flexibility index (Phi) is 3.79. The predicted octanol–water partition coefficient (Wildman–Crippen LogP) is 1.01. The molecule has 7 heteroatoms. The molecular formula is C14H17NO5S. The molecule has 0 heterocycles. The number of rotatable bonds is 6. The number of carboxylic acids is 1. The zero-order valence-electron chi connectivity index (χ0n) is 11.8. The van der Waals surface area contributed by atoms with E-state index in [1.54, 1.807) is 0 Å². The molecule has 0 radical (unpaired) electrons. The third-order valence-electron chi connectivity index (χ3n) is 3.83. The van der Waals surface area contributed by atoms with Crippen LogP contribution in [0.4, 0.5) is 0 Å². The Labute approximate surface area is 123 Å². The first-order valence-corrected chi connectivity index (χ1v) is 8.38. The van der Waals surface area contributed by atoms with Crippen LogP contribution in [0.25, 0.3) is 0 Å². The van der Waals surface area contributed by atoms with Crippen molar-refractivity contribution in [2.45, 2.75) is 36.2 Å². The molecular weight excluding hydrogens is 294 g/mol. The van der Waals surface area contributed by atoms with E-state index in [0.29, 0.717) is 12.0 Å². The summed E-state index contributed by atoms with van der Waals surface area (Å²) in [6.45, 7) is 1.46. The van der Waals surface area contributed by atoms with Gasteiger partial charge in [-0.3, -0.25) is 4.79 Å². The van der Waals surface area contributed by atoms with E-state index in [4.69, 9.17) is 0 Å². The number of amides is 1. The van der Waals surface area contributed by atoms with E-state index in [9.17, 15) is 23.1 Å². The largest absolute Gasteiger partial charge is 0.479 e. The molecule has 1 aromatic rings. The fourth-order valence-corrected chi connectivity index (χ4v) is 2.95. The molecule has 1 N–H and O–H groups in total. The minimum atomic E-state index is -3.35. The van der Waals surface area contributed by atoms with E-state index in [-0.39, 0.29) is 10.9 Å². The van der Waals surface area contributed by atoms with Gasteiger partial charge in [0.2, 0.25) is 6.41 Å². The molecule has 0 spiro atoms. The van der Waals surface area contributed by atoms with Gasteiger partial charge in [-0.05, 0) is 37.5 Å². The number of carbonyl (C=O) groups is 2. The third kappa shape index (κ3) is 2.78. The highest BCUT2D eigenvalue weighted by Crippen LogP contribution is 2.37. The molecule has 1 atom stereocenters. The standard InChI is InChI=1S/C14H17NO5S/c1-14(13(17)18,15(9-16)11-5-6-11)10-3-7-12(8-4-10)21(2,19)20/h3-4,7-9,11H,5-6H2,1-2H3,(H,17,18). The van der Waals surface area contributed by atoms with Gasteiger partial charge in [0, 0.05) is 12.3 Å². The number of carboxylic acid groups (broad SMARTS) is 1. The van der Waals surface area contributed by atoms with Crippen LogP contribution in [0.5, 0.6) is 0 Å². The number of hydrogen-bond donors (Lipinski definition) is 1. The highest BCUT2D eigenvalue weighted by Gasteiger charge is 2.47. The second-order valence-electron chi connectivity index (χ2n) is 5.42. The van der Waals surface area contributed by atoms with Crippen LogP contribution in [0, 0.1) is 0 Å². The maximum absolute atomic E-state index is 11.7. The van der Waals surface area contributed by atoms with Gasteiger partial charge in [0.1, 0.15) is 0 Å². The minimum Gasteiger partial charge on any atom is -0.479 e. The van der Waals surface area contributed by atoms with Crippen LogP contribution in [0.2, 0.25) is 0 Å². The van der Waals surface area contributed by atoms with Crippen LogP contribution >= 0.6 is 0 Å². The molecule has 1 aromatic carbocycles. The molecule has 1 unspecified atom stereocenters. The van der Waals surface area contributed by atoms with E-state index < -0.39 is 21.3 Å². The lowest BCUT2D eigenvalue weighted by Crippen LogP contribution is -2.50. The lowest BCUT2D eigenvalue weighted by Gasteiger charge is -2.35. The van der Waals surface area contributed by atoms with Crippen LogP contribution in [0.3, 0.4) is 0 Å². The van der Waals surface area contributed by atoms with E-state index in [1.807, 2.05) is 0 Å². The van der Waals surface area contributed by atoms with Crippen molar-refractivity contribution < 1.29 is 23.1 Å². The number of sulfone groups is 1. The van der Waals surface area contributed by atoms with E-state index >= 15 is 0 Å². The highest BCUT2D eigenvalue weighted by atomic mass is 32.2. The van der Waals surface area contributed by atoms with Gasteiger partial charge in [0.05, 0.1) is 4.90 Å². The van der Waals surface area contributed by atoms with Crippen LogP contribution in [0.15, 0.2) is 29.2 Å². The van der Waals surface area contributed by atoms with Crippen LogP contribution in [0.1, 0.15) is 25.3 Å². The number of benzene rings is 1. The maximum atomic E-state index is 11.7. The summed E-state index contributed by atoms with van der Waals surface area (Å²) in [6, 6.07) is 5.55. The quantitative estimate of drug-likeness (QED) is 0.792. The molecule has 6 nitrogen and oxygen atoms in total. The molecule has 1 aliphatic carbocycles. The summed E-state index contributed by atoms with van der Waals surface area (Å²) >= 11 is 0. The summed E-state index contributed by atoms with van der Waals surface area (Å²) < 4.78 is 22.9. The Hall–Kier alpha value is -1.89. The molecule has 0 bridgehead atoms. The van der Waals surface area contributed by atoms with E-state index in [1.165, 1.54) is 36.1 Å². The fraction of sp³-hybridized carbons (Fsp3) is 0.429. The van der Waals surface area contributed by atoms with Crippen molar-refractivity contribution in [3.8, 4) is 0 Å². The molecule has 2 rings (SSSR count). The van der Waals surface area contributed by atoms with Crippen molar-refractivity contribution in [2.75, 3.05) is 6.26 Å². The Morgan fingerprint density at radius 2 is 1.86 bits per heavy atom. The number of carbonyl (C=O) groups excluding carboxylic acids is 1. The summed E-state index contributed by atoms with van der Waals surface area (Å²) in [4.78, 5) is 24.4. The topological polar surface area (TPSA) is 91.8 Å². The molecule has 21 heavy (non-hydrogen) atoms. The summed E-state index contributed by atoms with van der Waals surface area (Å²) in [5, 5.41) is 9.57. The van der Waals surface area contributed by atoms with Gasteiger partial charge in [-0.25, -0.2) is 13.2 Å². The van der Waals surface area contributed by atoms with Crippen molar-refractivity contribution in [1.82, 2.24) is 4.90 Å². The minimum absolute atomic E-state index is 0.0711. The van der Waals surface area contributed by atoms with Gasteiger partial charge in [-0.15, -0.1) is 0 Å². The van der Waals surface area contributed by atoms with E-state index in [2.05, 4.69) is 0 Å². The Morgan fingerprint density at radius 3 is 2.19 bits per heavy atom. The number of aliphatic carboxylic acids is 1. The summed E-state index contributed by atoms with van der Waals surface area (Å²) in [7, 11) is -3.35. The van der Waals surface area contributed by atoms with E-state index in [0.717, 1.165) is 19.1 Å². The van der Waals surface area contributed by atoms with Gasteiger partial charge in [0.25, 0.3) is 0 Å². The summed E-state index contributed by atoms with van der Waals surface area (Å²) in [5.41, 5.74) is -1.12. The van der Waals surface area contributed by atoms with Gasteiger partial charge in [0.15, 0.2) is 15.4 Å². The lowest BCUT2D eigenvalue weighted by atomic mass is 9.90. The molecule has 1 aliphatic rings. The number of hydrogen-bond acceptors (Lipinski definition) is 4. The Balaban J connectivity index is 2.47. The lowest BCUT2D eigenvalue weighted by molar-refractivity contribution is -0.155. The zero-order chi connectivity index (χ0) is 15.8. The SMILES string of the molecule is CC(C(=O)O)(c1ccc(S(C)(=O)=O)cc1)N(C=O)C1CC1. The van der Waals surface area contributed by atoms with Crippen molar-refractivity contribution in [1.29, 1.82) is 0 Å². The second kappa shape index (κ2) is 5.14. The average Bonchev–Trinajstić information content (AvgIpc) is 3.22. The van der Waals surface area contributed by atoms with Crippen molar-refractivity contribution in [3.05, 3.63) is 29.8 Å². The zero-order valence-corrected chi connectivity index (χ0v) is 12.6. The molecule has 0 saturated heterocycles. The van der Waals surface area contributed by atoms with Gasteiger partial charge >= 0.3 is 5.97 Å². The first kappa shape index (κ1) is 15.5. The molecule has 114 valence electrons. The van der Waals surface area contributed by atoms with Crippen LogP contribution < -0.4 is 0 Å². The summed E-state index contributed by atoms with van der Waals surface area (Å²) in [5.74, 6) is -1.14. The molecule has 1 saturated carbocycles. The Morgan fingerprint density at radius 1 is 1.33 bits per heavy atom. The van der Waals surface area contributed by atoms with Gasteiger partial charge in [-0.2, -0.15) is 0 Å². The normalized spacial score (nSPS) is 17.8. The molecule has 0 aliphatic heterocycles. The average molecular weight is 311 g/mol. The number of nitrogens with zero attached hydrogens (tertiary/aromatic N) is 1. The predicted molar refractivity (Wildman–Crippen MR) is 75.5 cm³/mol. The third-order valence-corrected chi connectivity index (χ3v) is 4.96. The van der Waals surface area contributed by atoms with Crippen LogP contribution in [-0.4, -0.2) is 43.1 Å². The van der Waals surface area contributed by atoms with Crippen molar-refractivity contribution >= 4 is 22.2 Å². The molecule has 1 amide bonds. The first-order chi connectivity index (χ1) is 9.71. The molecule has 1 fully saturated rings.